The van der Waals surface area contributed by atoms with Crippen LogP contribution in [0.2, 0.25) is 0 Å². The Morgan fingerprint density at radius 2 is 2.26 bits per heavy atom. The molecule has 5 heteroatoms. The topological polar surface area (TPSA) is 41.0 Å². The lowest BCUT2D eigenvalue weighted by Crippen LogP contribution is -2.40. The fourth-order valence-electron chi connectivity index (χ4n) is 2.90. The van der Waals surface area contributed by atoms with Gasteiger partial charge in [-0.25, -0.2) is 9.18 Å². The van der Waals surface area contributed by atoms with Gasteiger partial charge in [0.2, 0.25) is 0 Å². The zero-order valence-electron chi connectivity index (χ0n) is 11.0. The average Bonchev–Trinajstić information content (AvgIpc) is 2.68. The number of benzene rings is 1. The molecule has 0 aliphatic carbocycles. The monoisotopic (exact) mass is 263 g/mol. The van der Waals surface area contributed by atoms with Crippen molar-refractivity contribution in [3.8, 4) is 0 Å². The Morgan fingerprint density at radius 1 is 1.42 bits per heavy atom. The highest BCUT2D eigenvalue weighted by molar-refractivity contribution is 5.75. The summed E-state index contributed by atoms with van der Waals surface area (Å²) in [6.45, 7) is 1.75. The van der Waals surface area contributed by atoms with Gasteiger partial charge in [0.1, 0.15) is 5.82 Å². The molecule has 19 heavy (non-hydrogen) atoms. The van der Waals surface area contributed by atoms with Crippen molar-refractivity contribution in [2.75, 3.05) is 13.6 Å². The lowest BCUT2D eigenvalue weighted by molar-refractivity contribution is 0.167. The van der Waals surface area contributed by atoms with E-state index in [0.29, 0.717) is 18.1 Å². The van der Waals surface area contributed by atoms with Gasteiger partial charge in [0, 0.05) is 12.6 Å². The van der Waals surface area contributed by atoms with Crippen LogP contribution in [0.15, 0.2) is 23.0 Å². The Kier molecular flexibility index (Phi) is 3.14. The van der Waals surface area contributed by atoms with Gasteiger partial charge in [0.25, 0.3) is 0 Å². The highest BCUT2D eigenvalue weighted by Crippen LogP contribution is 2.18. The van der Waals surface area contributed by atoms with Gasteiger partial charge >= 0.3 is 5.69 Å². The van der Waals surface area contributed by atoms with E-state index >= 15 is 0 Å². The summed E-state index contributed by atoms with van der Waals surface area (Å²) in [6, 6.07) is 4.83. The molecule has 3 rings (SSSR count). The normalized spacial score (nSPS) is 21.1. The van der Waals surface area contributed by atoms with E-state index in [9.17, 15) is 9.18 Å². The van der Waals surface area contributed by atoms with Crippen LogP contribution in [0.5, 0.6) is 0 Å². The lowest BCUT2D eigenvalue weighted by Gasteiger charge is -2.32. The van der Waals surface area contributed by atoms with E-state index in [1.165, 1.54) is 25.0 Å². The quantitative estimate of drug-likeness (QED) is 0.899. The number of piperidine rings is 1. The number of halogens is 1. The van der Waals surface area contributed by atoms with E-state index in [1.807, 2.05) is 0 Å². The minimum absolute atomic E-state index is 0.153. The minimum atomic E-state index is -0.323. The molecule has 0 spiro atoms. The van der Waals surface area contributed by atoms with Crippen LogP contribution >= 0.6 is 0 Å². The number of fused-ring (bicyclic) bond motifs is 1. The number of aromatic nitrogens is 2. The molecule has 1 aromatic carbocycles. The van der Waals surface area contributed by atoms with Gasteiger partial charge in [0.15, 0.2) is 0 Å². The van der Waals surface area contributed by atoms with E-state index in [1.54, 1.807) is 10.6 Å². The smallest absolute Gasteiger partial charge is 0.305 e. The summed E-state index contributed by atoms with van der Waals surface area (Å²) in [6.07, 6.45) is 3.54. The Labute approximate surface area is 110 Å². The predicted molar refractivity (Wildman–Crippen MR) is 72.8 cm³/mol. The van der Waals surface area contributed by atoms with Crippen molar-refractivity contribution in [1.29, 1.82) is 0 Å². The summed E-state index contributed by atoms with van der Waals surface area (Å²) < 4.78 is 14.9. The number of imidazole rings is 1. The van der Waals surface area contributed by atoms with Crippen molar-refractivity contribution in [2.45, 2.75) is 31.8 Å². The standard InChI is InChI=1S/C14H18FN3O/c1-17-7-3-2-4-11(17)9-18-13-6-5-10(15)8-12(13)16-14(18)19/h5-6,8,11H,2-4,7,9H2,1H3,(H,16,19). The number of hydrogen-bond acceptors (Lipinski definition) is 2. The Hall–Kier alpha value is -1.62. The summed E-state index contributed by atoms with van der Waals surface area (Å²) in [5, 5.41) is 0. The van der Waals surface area contributed by atoms with Gasteiger partial charge < -0.3 is 9.88 Å². The van der Waals surface area contributed by atoms with Crippen molar-refractivity contribution >= 4 is 11.0 Å². The summed E-state index contributed by atoms with van der Waals surface area (Å²) in [5.74, 6) is -0.323. The molecule has 1 fully saturated rings. The molecule has 0 radical (unpaired) electrons. The Bertz CT molecular complexity index is 646. The van der Waals surface area contributed by atoms with Crippen LogP contribution in [0.4, 0.5) is 4.39 Å². The van der Waals surface area contributed by atoms with Gasteiger partial charge in [-0.15, -0.1) is 0 Å². The summed E-state index contributed by atoms with van der Waals surface area (Å²) >= 11 is 0. The second kappa shape index (κ2) is 4.81. The molecule has 1 atom stereocenters. The van der Waals surface area contributed by atoms with Gasteiger partial charge in [-0.2, -0.15) is 0 Å². The molecule has 4 nitrogen and oxygen atoms in total. The first-order valence-electron chi connectivity index (χ1n) is 6.73. The molecular weight excluding hydrogens is 245 g/mol. The largest absolute Gasteiger partial charge is 0.326 e. The molecule has 1 unspecified atom stereocenters. The van der Waals surface area contributed by atoms with Gasteiger partial charge in [-0.3, -0.25) is 4.57 Å². The molecule has 102 valence electrons. The van der Waals surface area contributed by atoms with Gasteiger partial charge in [-0.05, 0) is 44.6 Å². The van der Waals surface area contributed by atoms with Crippen LogP contribution in [0.25, 0.3) is 11.0 Å². The van der Waals surface area contributed by atoms with Crippen LogP contribution in [0, 0.1) is 5.82 Å². The number of aromatic amines is 1. The molecule has 1 aliphatic rings. The molecule has 2 heterocycles. The third-order valence-electron chi connectivity index (χ3n) is 4.05. The van der Waals surface area contributed by atoms with E-state index in [0.717, 1.165) is 18.5 Å². The fraction of sp³-hybridized carbons (Fsp3) is 0.500. The Balaban J connectivity index is 1.96. The molecule has 1 saturated heterocycles. The first-order chi connectivity index (χ1) is 9.15. The predicted octanol–water partition coefficient (Wildman–Crippen LogP) is 1.95. The summed E-state index contributed by atoms with van der Waals surface area (Å²) in [4.78, 5) is 17.0. The van der Waals surface area contributed by atoms with Crippen LogP contribution < -0.4 is 5.69 Å². The SMILES string of the molecule is CN1CCCCC1Cn1c(=O)[nH]c2cc(F)ccc21. The molecule has 1 aliphatic heterocycles. The number of likely N-dealkylation sites (tertiary alicyclic amines) is 1. The number of hydrogen-bond donors (Lipinski definition) is 1. The third kappa shape index (κ3) is 2.30. The maximum Gasteiger partial charge on any atom is 0.326 e. The highest BCUT2D eigenvalue weighted by atomic mass is 19.1. The average molecular weight is 263 g/mol. The first kappa shape index (κ1) is 12.4. The second-order valence-corrected chi connectivity index (χ2v) is 5.33. The van der Waals surface area contributed by atoms with Gasteiger partial charge in [0.05, 0.1) is 11.0 Å². The van der Waals surface area contributed by atoms with Crippen molar-refractivity contribution < 1.29 is 4.39 Å². The van der Waals surface area contributed by atoms with Gasteiger partial charge in [-0.1, -0.05) is 6.42 Å². The number of likely N-dealkylation sites (N-methyl/N-ethyl adjacent to an activating group) is 1. The molecule has 2 aromatic rings. The van der Waals surface area contributed by atoms with E-state index in [2.05, 4.69) is 16.9 Å². The highest BCUT2D eigenvalue weighted by Gasteiger charge is 2.21. The van der Waals surface area contributed by atoms with Crippen LogP contribution in [-0.2, 0) is 6.54 Å². The second-order valence-electron chi connectivity index (χ2n) is 5.33. The Morgan fingerprint density at radius 3 is 3.05 bits per heavy atom. The maximum absolute atomic E-state index is 13.2. The van der Waals surface area contributed by atoms with Crippen LogP contribution in [0.1, 0.15) is 19.3 Å². The van der Waals surface area contributed by atoms with Crippen LogP contribution in [0.3, 0.4) is 0 Å². The number of nitrogens with zero attached hydrogens (tertiary/aromatic N) is 2. The lowest BCUT2D eigenvalue weighted by atomic mass is 10.0. The zero-order chi connectivity index (χ0) is 13.4. The molecular formula is C14H18FN3O. The first-order valence-corrected chi connectivity index (χ1v) is 6.73. The van der Waals surface area contributed by atoms with E-state index < -0.39 is 0 Å². The molecule has 1 aromatic heterocycles. The third-order valence-corrected chi connectivity index (χ3v) is 4.05. The zero-order valence-corrected chi connectivity index (χ0v) is 11.0. The summed E-state index contributed by atoms with van der Waals surface area (Å²) in [5.41, 5.74) is 1.20. The summed E-state index contributed by atoms with van der Waals surface area (Å²) in [7, 11) is 2.10. The maximum atomic E-state index is 13.2. The van der Waals surface area contributed by atoms with Crippen molar-refractivity contribution in [3.63, 3.8) is 0 Å². The van der Waals surface area contributed by atoms with E-state index in [-0.39, 0.29) is 11.5 Å². The van der Waals surface area contributed by atoms with Crippen molar-refractivity contribution in [2.24, 2.45) is 0 Å². The number of H-pyrrole nitrogens is 1. The van der Waals surface area contributed by atoms with Crippen LogP contribution in [-0.4, -0.2) is 34.1 Å². The molecule has 1 N–H and O–H groups in total. The molecule has 0 amide bonds. The number of rotatable bonds is 2. The molecule has 0 bridgehead atoms. The number of nitrogens with one attached hydrogen (secondary N) is 1. The van der Waals surface area contributed by atoms with Crippen molar-refractivity contribution in [1.82, 2.24) is 14.5 Å². The minimum Gasteiger partial charge on any atom is -0.305 e. The van der Waals surface area contributed by atoms with E-state index in [4.69, 9.17) is 0 Å². The fourth-order valence-corrected chi connectivity index (χ4v) is 2.90. The molecule has 0 saturated carbocycles. The van der Waals surface area contributed by atoms with Crippen molar-refractivity contribution in [3.05, 3.63) is 34.5 Å².